The van der Waals surface area contributed by atoms with Crippen LogP contribution in [-0.4, -0.2) is 53.4 Å². The fourth-order valence-corrected chi connectivity index (χ4v) is 3.55. The van der Waals surface area contributed by atoms with Crippen molar-refractivity contribution in [2.24, 2.45) is 5.92 Å². The number of piperidine rings is 2. The van der Waals surface area contributed by atoms with E-state index in [-0.39, 0.29) is 5.91 Å². The molecule has 20 heavy (non-hydrogen) atoms. The molecule has 2 aliphatic rings. The Bertz CT molecular complexity index is 487. The van der Waals surface area contributed by atoms with Gasteiger partial charge in [-0.1, -0.05) is 0 Å². The molecule has 3 heterocycles. The van der Waals surface area contributed by atoms with Crippen LogP contribution in [0.4, 0.5) is 5.82 Å². The molecule has 108 valence electrons. The van der Waals surface area contributed by atoms with Gasteiger partial charge in [0.2, 0.25) is 0 Å². The summed E-state index contributed by atoms with van der Waals surface area (Å²) in [5.74, 6) is 1.16. The molecule has 2 unspecified atom stereocenters. The zero-order valence-electron chi connectivity index (χ0n) is 12.0. The Morgan fingerprint density at radius 1 is 1.35 bits per heavy atom. The minimum Gasteiger partial charge on any atom is -0.384 e. The Morgan fingerprint density at radius 3 is 2.95 bits per heavy atom. The maximum Gasteiger partial charge on any atom is 0.255 e. The van der Waals surface area contributed by atoms with Gasteiger partial charge in [0.05, 0.1) is 5.56 Å². The van der Waals surface area contributed by atoms with Gasteiger partial charge >= 0.3 is 0 Å². The van der Waals surface area contributed by atoms with Gasteiger partial charge in [0.15, 0.2) is 0 Å². The summed E-state index contributed by atoms with van der Waals surface area (Å²) < 4.78 is 0. The van der Waals surface area contributed by atoms with Crippen molar-refractivity contribution in [2.45, 2.75) is 25.3 Å². The van der Waals surface area contributed by atoms with Crippen molar-refractivity contribution in [3.63, 3.8) is 0 Å². The molecule has 1 aromatic rings. The van der Waals surface area contributed by atoms with E-state index in [2.05, 4.69) is 16.9 Å². The number of pyridine rings is 1. The zero-order chi connectivity index (χ0) is 14.1. The van der Waals surface area contributed by atoms with E-state index in [1.165, 1.54) is 19.4 Å². The normalized spacial score (nSPS) is 27.1. The second-order valence-electron chi connectivity index (χ2n) is 5.96. The van der Waals surface area contributed by atoms with E-state index in [0.717, 1.165) is 19.5 Å². The number of aromatic nitrogens is 1. The summed E-state index contributed by atoms with van der Waals surface area (Å²) in [7, 11) is 2.21. The quantitative estimate of drug-likeness (QED) is 0.836. The summed E-state index contributed by atoms with van der Waals surface area (Å²) in [5, 5.41) is 0. The van der Waals surface area contributed by atoms with Crippen molar-refractivity contribution in [1.82, 2.24) is 14.8 Å². The van der Waals surface area contributed by atoms with E-state index >= 15 is 0 Å². The second-order valence-corrected chi connectivity index (χ2v) is 5.96. The molecule has 2 N–H and O–H groups in total. The van der Waals surface area contributed by atoms with Crippen LogP contribution in [0, 0.1) is 5.92 Å². The van der Waals surface area contributed by atoms with E-state index in [9.17, 15) is 4.79 Å². The van der Waals surface area contributed by atoms with Crippen molar-refractivity contribution < 1.29 is 4.79 Å². The number of carbonyl (C=O) groups is 1. The number of nitrogens with two attached hydrogens (primary N) is 1. The number of hydrogen-bond donors (Lipinski definition) is 1. The lowest BCUT2D eigenvalue weighted by atomic mass is 9.84. The van der Waals surface area contributed by atoms with Crippen LogP contribution in [0.15, 0.2) is 18.3 Å². The number of nitrogen functional groups attached to an aromatic ring is 1. The van der Waals surface area contributed by atoms with Gasteiger partial charge in [0.25, 0.3) is 5.91 Å². The molecular formula is C15H22N4O. The van der Waals surface area contributed by atoms with E-state index in [1.54, 1.807) is 18.3 Å². The smallest absolute Gasteiger partial charge is 0.255 e. The van der Waals surface area contributed by atoms with Gasteiger partial charge in [-0.3, -0.25) is 4.79 Å². The maximum atomic E-state index is 12.5. The number of anilines is 1. The van der Waals surface area contributed by atoms with E-state index < -0.39 is 0 Å². The molecule has 2 fully saturated rings. The SMILES string of the molecule is CN1CCCC2CN(C(=O)c3ccc(N)nc3)CCC21. The number of hydrogen-bond acceptors (Lipinski definition) is 4. The van der Waals surface area contributed by atoms with Gasteiger partial charge in [-0.15, -0.1) is 0 Å². The van der Waals surface area contributed by atoms with Gasteiger partial charge < -0.3 is 15.5 Å². The standard InChI is InChI=1S/C15H22N4O/c1-18-7-2-3-12-10-19(8-6-13(12)18)15(20)11-4-5-14(16)17-9-11/h4-5,9,12-13H,2-3,6-8,10H2,1H3,(H2,16,17). The lowest BCUT2D eigenvalue weighted by Crippen LogP contribution is -2.53. The molecule has 2 saturated heterocycles. The van der Waals surface area contributed by atoms with E-state index in [0.29, 0.717) is 23.3 Å². The molecule has 2 atom stereocenters. The molecule has 5 nitrogen and oxygen atoms in total. The van der Waals surface area contributed by atoms with Crippen molar-refractivity contribution in [3.05, 3.63) is 23.9 Å². The Kier molecular flexibility index (Phi) is 3.61. The van der Waals surface area contributed by atoms with Gasteiger partial charge in [-0.05, 0) is 50.9 Å². The first-order chi connectivity index (χ1) is 9.65. The van der Waals surface area contributed by atoms with Crippen LogP contribution in [0.25, 0.3) is 0 Å². The van der Waals surface area contributed by atoms with Crippen molar-refractivity contribution in [1.29, 1.82) is 0 Å². The average Bonchev–Trinajstić information content (AvgIpc) is 2.47. The molecule has 0 bridgehead atoms. The lowest BCUT2D eigenvalue weighted by Gasteiger charge is -2.45. The first-order valence-corrected chi connectivity index (χ1v) is 7.36. The topological polar surface area (TPSA) is 62.5 Å². The number of amides is 1. The minimum absolute atomic E-state index is 0.0872. The lowest BCUT2D eigenvalue weighted by molar-refractivity contribution is 0.0316. The number of carbonyl (C=O) groups excluding carboxylic acids is 1. The van der Waals surface area contributed by atoms with Gasteiger partial charge in [-0.25, -0.2) is 4.98 Å². The Labute approximate surface area is 119 Å². The summed E-state index contributed by atoms with van der Waals surface area (Å²) >= 11 is 0. The molecule has 3 rings (SSSR count). The highest BCUT2D eigenvalue weighted by atomic mass is 16.2. The molecule has 0 aliphatic carbocycles. The molecule has 0 aromatic carbocycles. The predicted octanol–water partition coefficient (Wildman–Crippen LogP) is 1.22. The summed E-state index contributed by atoms with van der Waals surface area (Å²) in [4.78, 5) is 20.9. The molecule has 0 spiro atoms. The average molecular weight is 274 g/mol. The van der Waals surface area contributed by atoms with Crippen LogP contribution in [0.3, 0.4) is 0 Å². The van der Waals surface area contributed by atoms with Crippen LogP contribution >= 0.6 is 0 Å². The fraction of sp³-hybridized carbons (Fsp3) is 0.600. The van der Waals surface area contributed by atoms with Gasteiger partial charge in [0.1, 0.15) is 5.82 Å². The molecule has 0 radical (unpaired) electrons. The van der Waals surface area contributed by atoms with Crippen molar-refractivity contribution in [2.75, 3.05) is 32.4 Å². The van der Waals surface area contributed by atoms with Crippen molar-refractivity contribution in [3.8, 4) is 0 Å². The second kappa shape index (κ2) is 5.40. The molecular weight excluding hydrogens is 252 g/mol. The number of likely N-dealkylation sites (tertiary alicyclic amines) is 2. The van der Waals surface area contributed by atoms with Gasteiger partial charge in [-0.2, -0.15) is 0 Å². The largest absolute Gasteiger partial charge is 0.384 e. The number of rotatable bonds is 1. The van der Waals surface area contributed by atoms with E-state index in [4.69, 9.17) is 5.73 Å². The third-order valence-corrected chi connectivity index (χ3v) is 4.67. The molecule has 1 aromatic heterocycles. The van der Waals surface area contributed by atoms with Crippen LogP contribution in [0.5, 0.6) is 0 Å². The summed E-state index contributed by atoms with van der Waals surface area (Å²) in [6.45, 7) is 2.91. The highest BCUT2D eigenvalue weighted by Gasteiger charge is 2.35. The Balaban J connectivity index is 1.69. The molecule has 0 saturated carbocycles. The molecule has 1 amide bonds. The van der Waals surface area contributed by atoms with Crippen molar-refractivity contribution >= 4 is 11.7 Å². The number of fused-ring (bicyclic) bond motifs is 1. The van der Waals surface area contributed by atoms with Crippen LogP contribution in [0.2, 0.25) is 0 Å². The fourth-order valence-electron chi connectivity index (χ4n) is 3.55. The van der Waals surface area contributed by atoms with Gasteiger partial charge in [0, 0.05) is 25.3 Å². The third-order valence-electron chi connectivity index (χ3n) is 4.67. The first kappa shape index (κ1) is 13.4. The highest BCUT2D eigenvalue weighted by molar-refractivity contribution is 5.94. The summed E-state index contributed by atoms with van der Waals surface area (Å²) in [6.07, 6.45) is 5.13. The monoisotopic (exact) mass is 274 g/mol. The third kappa shape index (κ3) is 2.50. The first-order valence-electron chi connectivity index (χ1n) is 7.36. The van der Waals surface area contributed by atoms with Crippen LogP contribution < -0.4 is 5.73 Å². The predicted molar refractivity (Wildman–Crippen MR) is 78.3 cm³/mol. The minimum atomic E-state index is 0.0872. The highest BCUT2D eigenvalue weighted by Crippen LogP contribution is 2.30. The Hall–Kier alpha value is -1.62. The van der Waals surface area contributed by atoms with Crippen LogP contribution in [0.1, 0.15) is 29.6 Å². The Morgan fingerprint density at radius 2 is 2.20 bits per heavy atom. The summed E-state index contributed by atoms with van der Waals surface area (Å²) in [6, 6.07) is 4.11. The van der Waals surface area contributed by atoms with Crippen LogP contribution in [-0.2, 0) is 0 Å². The summed E-state index contributed by atoms with van der Waals surface area (Å²) in [5.41, 5.74) is 6.21. The number of nitrogens with zero attached hydrogens (tertiary/aromatic N) is 3. The maximum absolute atomic E-state index is 12.5. The zero-order valence-corrected chi connectivity index (χ0v) is 12.0. The van der Waals surface area contributed by atoms with E-state index in [1.807, 2.05) is 4.90 Å². The molecule has 2 aliphatic heterocycles. The molecule has 5 heteroatoms.